The molecule has 0 aromatic heterocycles. The first-order chi connectivity index (χ1) is 16.9. The van der Waals surface area contributed by atoms with E-state index in [2.05, 4.69) is 48.3 Å². The SMILES string of the molecule is CC(C)c1ccc([C@H](Nc2ccccc2)[P@](=O)(OC2CCCCC2)c2ccc(N(C)C)cc2)cc1. The number of benzene rings is 3. The highest BCUT2D eigenvalue weighted by Crippen LogP contribution is 2.60. The molecule has 3 aromatic carbocycles. The summed E-state index contributed by atoms with van der Waals surface area (Å²) < 4.78 is 21.9. The molecule has 1 saturated carbocycles. The second-order valence-corrected chi connectivity index (χ2v) is 12.5. The molecular formula is C30H39N2O2P. The molecule has 5 heteroatoms. The Balaban J connectivity index is 1.80. The second kappa shape index (κ2) is 11.5. The lowest BCUT2D eigenvalue weighted by Gasteiger charge is -2.34. The summed E-state index contributed by atoms with van der Waals surface area (Å²) in [4.78, 5) is 2.06. The number of para-hydroxylation sites is 1. The van der Waals surface area contributed by atoms with Gasteiger partial charge in [0.05, 0.1) is 6.10 Å². The molecule has 1 aliphatic rings. The average molecular weight is 491 g/mol. The van der Waals surface area contributed by atoms with Crippen molar-refractivity contribution in [2.45, 2.75) is 63.8 Å². The van der Waals surface area contributed by atoms with E-state index in [4.69, 9.17) is 4.52 Å². The van der Waals surface area contributed by atoms with Crippen molar-refractivity contribution in [2.75, 3.05) is 24.3 Å². The van der Waals surface area contributed by atoms with Gasteiger partial charge in [-0.1, -0.05) is 75.6 Å². The molecule has 2 atom stereocenters. The van der Waals surface area contributed by atoms with Crippen LogP contribution in [0.25, 0.3) is 0 Å². The monoisotopic (exact) mass is 490 g/mol. The highest BCUT2D eigenvalue weighted by molar-refractivity contribution is 7.67. The molecular weight excluding hydrogens is 451 g/mol. The van der Waals surface area contributed by atoms with Crippen LogP contribution in [0.5, 0.6) is 0 Å². The van der Waals surface area contributed by atoms with Crippen LogP contribution in [0, 0.1) is 0 Å². The van der Waals surface area contributed by atoms with Crippen LogP contribution in [0.3, 0.4) is 0 Å². The fourth-order valence-corrected chi connectivity index (χ4v) is 7.38. The zero-order chi connectivity index (χ0) is 24.8. The molecule has 0 aliphatic heterocycles. The molecule has 1 aliphatic carbocycles. The average Bonchev–Trinajstić information content (AvgIpc) is 2.88. The smallest absolute Gasteiger partial charge is 0.258 e. The first kappa shape index (κ1) is 25.5. The van der Waals surface area contributed by atoms with Gasteiger partial charge in [0, 0.05) is 30.8 Å². The lowest BCUT2D eigenvalue weighted by molar-refractivity contribution is 0.159. The van der Waals surface area contributed by atoms with Crippen LogP contribution in [-0.2, 0) is 9.09 Å². The molecule has 0 unspecified atom stereocenters. The maximum Gasteiger partial charge on any atom is 0.258 e. The van der Waals surface area contributed by atoms with E-state index in [1.54, 1.807) is 0 Å². The largest absolute Gasteiger partial charge is 0.378 e. The summed E-state index contributed by atoms with van der Waals surface area (Å²) >= 11 is 0. The molecule has 186 valence electrons. The molecule has 35 heavy (non-hydrogen) atoms. The summed E-state index contributed by atoms with van der Waals surface area (Å²) in [6.07, 6.45) is 5.42. The standard InChI is InChI=1S/C30H39N2O2P/c1-23(2)24-15-17-25(18-16-24)30(31-26-11-7-5-8-12-26)35(33,34-28-13-9-6-10-14-28)29-21-19-27(20-22-29)32(3)4/h5,7-8,11-12,15-23,28,30-31H,6,9-10,13-14H2,1-4H3/t30-,35-/m1/s1. The zero-order valence-electron chi connectivity index (χ0n) is 21.5. The van der Waals surface area contributed by atoms with Crippen LogP contribution in [0.2, 0.25) is 0 Å². The van der Waals surface area contributed by atoms with Crippen LogP contribution in [0.4, 0.5) is 11.4 Å². The molecule has 4 nitrogen and oxygen atoms in total. The maximum atomic E-state index is 15.2. The number of hydrogen-bond acceptors (Lipinski definition) is 4. The van der Waals surface area contributed by atoms with Crippen molar-refractivity contribution in [2.24, 2.45) is 0 Å². The third-order valence-electron chi connectivity index (χ3n) is 6.92. The van der Waals surface area contributed by atoms with Crippen molar-refractivity contribution in [3.63, 3.8) is 0 Å². The van der Waals surface area contributed by atoms with Gasteiger partial charge in [-0.3, -0.25) is 4.57 Å². The summed E-state index contributed by atoms with van der Waals surface area (Å²) in [5.41, 5.74) is 4.26. The number of nitrogens with one attached hydrogen (secondary N) is 1. The minimum Gasteiger partial charge on any atom is -0.378 e. The molecule has 0 heterocycles. The fourth-order valence-electron chi connectivity index (χ4n) is 4.74. The van der Waals surface area contributed by atoms with Crippen LogP contribution >= 0.6 is 7.37 Å². The van der Waals surface area contributed by atoms with Crippen molar-refractivity contribution in [1.82, 2.24) is 0 Å². The molecule has 0 bridgehead atoms. The second-order valence-electron chi connectivity index (χ2n) is 10.1. The summed E-state index contributed by atoms with van der Waals surface area (Å²) in [6.45, 7) is 4.39. The van der Waals surface area contributed by atoms with E-state index in [0.717, 1.165) is 47.9 Å². The van der Waals surface area contributed by atoms with Gasteiger partial charge in [0.15, 0.2) is 0 Å². The summed E-state index contributed by atoms with van der Waals surface area (Å²) in [7, 11) is 0.678. The molecule has 0 saturated heterocycles. The van der Waals surface area contributed by atoms with Crippen LogP contribution in [0.1, 0.15) is 68.8 Å². The molecule has 0 spiro atoms. The predicted molar refractivity (Wildman–Crippen MR) is 149 cm³/mol. The Kier molecular flexibility index (Phi) is 8.36. The molecule has 0 amide bonds. The van der Waals surface area contributed by atoms with Crippen molar-refractivity contribution in [3.8, 4) is 0 Å². The predicted octanol–water partition coefficient (Wildman–Crippen LogP) is 7.94. The van der Waals surface area contributed by atoms with Gasteiger partial charge in [0.1, 0.15) is 5.78 Å². The number of rotatable bonds is 9. The Morgan fingerprint density at radius 3 is 2.00 bits per heavy atom. The lowest BCUT2D eigenvalue weighted by Crippen LogP contribution is -2.25. The minimum atomic E-state index is -3.36. The van der Waals surface area contributed by atoms with E-state index < -0.39 is 13.2 Å². The van der Waals surface area contributed by atoms with E-state index >= 15 is 4.57 Å². The van der Waals surface area contributed by atoms with E-state index in [9.17, 15) is 0 Å². The Morgan fingerprint density at radius 2 is 1.43 bits per heavy atom. The van der Waals surface area contributed by atoms with Gasteiger partial charge in [-0.05, 0) is 66.3 Å². The van der Waals surface area contributed by atoms with Crippen molar-refractivity contribution in [1.29, 1.82) is 0 Å². The summed E-state index contributed by atoms with van der Waals surface area (Å²) in [5, 5.41) is 4.37. The van der Waals surface area contributed by atoms with Crippen molar-refractivity contribution in [3.05, 3.63) is 90.0 Å². The molecule has 1 N–H and O–H groups in total. The Hall–Kier alpha value is -2.55. The van der Waals surface area contributed by atoms with Crippen LogP contribution < -0.4 is 15.5 Å². The van der Waals surface area contributed by atoms with Crippen molar-refractivity contribution < 1.29 is 9.09 Å². The molecule has 3 aromatic rings. The van der Waals surface area contributed by atoms with Gasteiger partial charge in [-0.2, -0.15) is 0 Å². The highest BCUT2D eigenvalue weighted by atomic mass is 31.2. The Morgan fingerprint density at radius 1 is 0.829 bits per heavy atom. The first-order valence-electron chi connectivity index (χ1n) is 12.8. The quantitative estimate of drug-likeness (QED) is 0.309. The topological polar surface area (TPSA) is 41.6 Å². The van der Waals surface area contributed by atoms with Gasteiger partial charge in [-0.15, -0.1) is 0 Å². The highest BCUT2D eigenvalue weighted by Gasteiger charge is 2.40. The molecule has 0 radical (unpaired) electrons. The van der Waals surface area contributed by atoms with E-state index in [1.165, 1.54) is 12.0 Å². The first-order valence-corrected chi connectivity index (χ1v) is 14.5. The molecule has 4 rings (SSSR count). The zero-order valence-corrected chi connectivity index (χ0v) is 22.4. The van der Waals surface area contributed by atoms with Gasteiger partial charge < -0.3 is 14.7 Å². The number of anilines is 2. The normalized spacial score (nSPS) is 17.1. The van der Waals surface area contributed by atoms with E-state index in [0.29, 0.717) is 5.92 Å². The minimum absolute atomic E-state index is 0.0121. The van der Waals surface area contributed by atoms with E-state index in [-0.39, 0.29) is 6.10 Å². The van der Waals surface area contributed by atoms with Crippen LogP contribution in [0.15, 0.2) is 78.9 Å². The van der Waals surface area contributed by atoms with E-state index in [1.807, 2.05) is 68.7 Å². The van der Waals surface area contributed by atoms with Gasteiger partial charge >= 0.3 is 0 Å². The number of nitrogens with zero attached hydrogens (tertiary/aromatic N) is 1. The van der Waals surface area contributed by atoms with Gasteiger partial charge in [0.2, 0.25) is 0 Å². The third-order valence-corrected chi connectivity index (χ3v) is 9.66. The number of hydrogen-bond donors (Lipinski definition) is 1. The Labute approximate surface area is 211 Å². The lowest BCUT2D eigenvalue weighted by atomic mass is 9.98. The van der Waals surface area contributed by atoms with Gasteiger partial charge in [0.25, 0.3) is 7.37 Å². The summed E-state index contributed by atoms with van der Waals surface area (Å²) in [5.74, 6) is -0.0494. The molecule has 1 fully saturated rings. The third kappa shape index (κ3) is 6.18. The maximum absolute atomic E-state index is 15.2. The van der Waals surface area contributed by atoms with Crippen molar-refractivity contribution >= 4 is 24.0 Å². The van der Waals surface area contributed by atoms with Crippen LogP contribution in [-0.4, -0.2) is 20.2 Å². The van der Waals surface area contributed by atoms with Gasteiger partial charge in [-0.25, -0.2) is 0 Å². The summed E-state index contributed by atoms with van der Waals surface area (Å²) in [6, 6.07) is 26.6. The Bertz CT molecular complexity index is 1110. The fraction of sp³-hybridized carbons (Fsp3) is 0.400.